The molecule has 0 spiro atoms. The monoisotopic (exact) mass is 230 g/mol. The Morgan fingerprint density at radius 1 is 1.35 bits per heavy atom. The zero-order valence-electron chi connectivity index (χ0n) is 10.4. The van der Waals surface area contributed by atoms with Crippen molar-refractivity contribution >= 4 is 10.9 Å². The van der Waals surface area contributed by atoms with E-state index in [-0.39, 0.29) is 0 Å². The fourth-order valence-corrected chi connectivity index (χ4v) is 2.53. The second-order valence-electron chi connectivity index (χ2n) is 4.72. The van der Waals surface area contributed by atoms with Crippen LogP contribution < -0.4 is 10.1 Å². The first-order valence-electron chi connectivity index (χ1n) is 6.19. The van der Waals surface area contributed by atoms with Crippen LogP contribution >= 0.6 is 0 Å². The molecule has 3 rings (SSSR count). The number of aryl methyl sites for hydroxylation is 1. The Labute approximate surface area is 101 Å². The van der Waals surface area contributed by atoms with Gasteiger partial charge in [0.05, 0.1) is 11.2 Å². The zero-order chi connectivity index (χ0) is 11.8. The summed E-state index contributed by atoms with van der Waals surface area (Å²) < 4.78 is 8.36. The maximum atomic E-state index is 6.16. The second-order valence-corrected chi connectivity index (χ2v) is 4.72. The fourth-order valence-electron chi connectivity index (χ4n) is 2.53. The molecule has 1 atom stereocenters. The molecule has 3 nitrogen and oxygen atoms in total. The number of rotatable bonds is 2. The molecule has 0 radical (unpaired) electrons. The van der Waals surface area contributed by atoms with Crippen LogP contribution in [0.2, 0.25) is 0 Å². The minimum atomic E-state index is 0.319. The van der Waals surface area contributed by atoms with Crippen LogP contribution in [0.15, 0.2) is 24.3 Å². The van der Waals surface area contributed by atoms with E-state index < -0.39 is 0 Å². The lowest BCUT2D eigenvalue weighted by atomic mass is 10.2. The first-order chi connectivity index (χ1) is 8.27. The molecule has 0 saturated carbocycles. The molecule has 1 fully saturated rings. The highest BCUT2D eigenvalue weighted by Gasteiger charge is 2.20. The number of ether oxygens (including phenoxy) is 1. The Balaban J connectivity index is 2.05. The van der Waals surface area contributed by atoms with Gasteiger partial charge in [0.2, 0.25) is 0 Å². The molecule has 1 aliphatic heterocycles. The first kappa shape index (κ1) is 10.7. The van der Waals surface area contributed by atoms with E-state index >= 15 is 0 Å². The van der Waals surface area contributed by atoms with Gasteiger partial charge < -0.3 is 14.6 Å². The van der Waals surface area contributed by atoms with Gasteiger partial charge in [0.15, 0.2) is 0 Å². The molecule has 2 heterocycles. The Hall–Kier alpha value is -1.48. The Morgan fingerprint density at radius 2 is 2.18 bits per heavy atom. The largest absolute Gasteiger partial charge is 0.487 e. The normalized spacial score (nSPS) is 20.0. The maximum absolute atomic E-state index is 6.16. The van der Waals surface area contributed by atoms with Crippen molar-refractivity contribution in [2.24, 2.45) is 7.05 Å². The molecule has 0 amide bonds. The van der Waals surface area contributed by atoms with E-state index in [0.717, 1.165) is 25.3 Å². The number of nitrogens with one attached hydrogen (secondary N) is 1. The average Bonchev–Trinajstić information content (AvgIpc) is 2.94. The summed E-state index contributed by atoms with van der Waals surface area (Å²) in [6, 6.07) is 8.42. The van der Waals surface area contributed by atoms with Crippen molar-refractivity contribution < 1.29 is 4.74 Å². The predicted octanol–water partition coefficient (Wildman–Crippen LogP) is 2.23. The van der Waals surface area contributed by atoms with E-state index in [2.05, 4.69) is 48.1 Å². The molecule has 2 aromatic rings. The molecule has 90 valence electrons. The molecule has 0 bridgehead atoms. The van der Waals surface area contributed by atoms with Crippen LogP contribution in [0.5, 0.6) is 5.75 Å². The van der Waals surface area contributed by atoms with Crippen LogP contribution in [0, 0.1) is 6.92 Å². The van der Waals surface area contributed by atoms with Crippen molar-refractivity contribution in [3.63, 3.8) is 0 Å². The molecule has 1 aromatic heterocycles. The van der Waals surface area contributed by atoms with Gasteiger partial charge in [-0.15, -0.1) is 0 Å². The smallest absolute Gasteiger partial charge is 0.148 e. The Bertz CT molecular complexity index is 538. The summed E-state index contributed by atoms with van der Waals surface area (Å²) in [6.07, 6.45) is 1.42. The number of nitrogens with zero attached hydrogens (tertiary/aromatic N) is 1. The third kappa shape index (κ3) is 1.71. The van der Waals surface area contributed by atoms with Gasteiger partial charge in [0.25, 0.3) is 0 Å². The highest BCUT2D eigenvalue weighted by Crippen LogP contribution is 2.33. The minimum absolute atomic E-state index is 0.319. The van der Waals surface area contributed by atoms with Gasteiger partial charge in [-0.25, -0.2) is 0 Å². The van der Waals surface area contributed by atoms with Crippen LogP contribution in [0.1, 0.15) is 12.1 Å². The molecule has 1 aliphatic rings. The topological polar surface area (TPSA) is 26.2 Å². The van der Waals surface area contributed by atoms with E-state index in [0.29, 0.717) is 6.10 Å². The summed E-state index contributed by atoms with van der Waals surface area (Å²) in [4.78, 5) is 0. The lowest BCUT2D eigenvalue weighted by Gasteiger charge is -2.12. The van der Waals surface area contributed by atoms with E-state index in [4.69, 9.17) is 4.74 Å². The van der Waals surface area contributed by atoms with Crippen molar-refractivity contribution in [1.82, 2.24) is 9.88 Å². The van der Waals surface area contributed by atoms with Crippen LogP contribution in [0.3, 0.4) is 0 Å². The van der Waals surface area contributed by atoms with Crippen molar-refractivity contribution in [2.75, 3.05) is 13.1 Å². The number of benzene rings is 1. The van der Waals surface area contributed by atoms with Gasteiger partial charge in [-0.2, -0.15) is 0 Å². The van der Waals surface area contributed by atoms with Crippen molar-refractivity contribution in [3.05, 3.63) is 30.0 Å². The summed E-state index contributed by atoms with van der Waals surface area (Å²) in [5.74, 6) is 1.05. The SMILES string of the molecule is Cc1c(OC2CCNC2)c2ccccc2n1C. The van der Waals surface area contributed by atoms with E-state index in [1.54, 1.807) is 0 Å². The van der Waals surface area contributed by atoms with Gasteiger partial charge in [0.1, 0.15) is 11.9 Å². The van der Waals surface area contributed by atoms with Gasteiger partial charge in [-0.05, 0) is 32.0 Å². The lowest BCUT2D eigenvalue weighted by molar-refractivity contribution is 0.224. The highest BCUT2D eigenvalue weighted by molar-refractivity contribution is 5.88. The van der Waals surface area contributed by atoms with Gasteiger partial charge in [0, 0.05) is 19.0 Å². The van der Waals surface area contributed by atoms with E-state index in [9.17, 15) is 0 Å². The number of aromatic nitrogens is 1. The molecule has 1 aromatic carbocycles. The number of fused-ring (bicyclic) bond motifs is 1. The summed E-state index contributed by atoms with van der Waals surface area (Å²) in [7, 11) is 2.09. The molecule has 3 heteroatoms. The van der Waals surface area contributed by atoms with Crippen molar-refractivity contribution in [3.8, 4) is 5.75 Å². The highest BCUT2D eigenvalue weighted by atomic mass is 16.5. The minimum Gasteiger partial charge on any atom is -0.487 e. The third-order valence-electron chi connectivity index (χ3n) is 3.64. The summed E-state index contributed by atoms with van der Waals surface area (Å²) in [5.41, 5.74) is 2.45. The summed E-state index contributed by atoms with van der Waals surface area (Å²) >= 11 is 0. The summed E-state index contributed by atoms with van der Waals surface area (Å²) in [5, 5.41) is 4.56. The molecule has 1 saturated heterocycles. The Kier molecular flexibility index (Phi) is 2.56. The van der Waals surface area contributed by atoms with Gasteiger partial charge >= 0.3 is 0 Å². The average molecular weight is 230 g/mol. The summed E-state index contributed by atoms with van der Waals surface area (Å²) in [6.45, 7) is 4.15. The van der Waals surface area contributed by atoms with E-state index in [1.165, 1.54) is 16.6 Å². The van der Waals surface area contributed by atoms with Crippen LogP contribution in [-0.2, 0) is 7.05 Å². The van der Waals surface area contributed by atoms with E-state index in [1.807, 2.05) is 0 Å². The zero-order valence-corrected chi connectivity index (χ0v) is 10.4. The molecular weight excluding hydrogens is 212 g/mol. The van der Waals surface area contributed by atoms with Crippen molar-refractivity contribution in [1.29, 1.82) is 0 Å². The second kappa shape index (κ2) is 4.08. The van der Waals surface area contributed by atoms with Crippen LogP contribution in [0.4, 0.5) is 0 Å². The van der Waals surface area contributed by atoms with Gasteiger partial charge in [-0.1, -0.05) is 12.1 Å². The molecule has 17 heavy (non-hydrogen) atoms. The predicted molar refractivity (Wildman–Crippen MR) is 69.6 cm³/mol. The van der Waals surface area contributed by atoms with Crippen LogP contribution in [-0.4, -0.2) is 23.8 Å². The maximum Gasteiger partial charge on any atom is 0.148 e. The third-order valence-corrected chi connectivity index (χ3v) is 3.64. The molecule has 1 unspecified atom stereocenters. The molecular formula is C14H18N2O. The Morgan fingerprint density at radius 3 is 2.94 bits per heavy atom. The van der Waals surface area contributed by atoms with Gasteiger partial charge in [-0.3, -0.25) is 0 Å². The standard InChI is InChI=1S/C14H18N2O/c1-10-14(17-11-7-8-15-9-11)12-5-3-4-6-13(12)16(10)2/h3-6,11,15H,7-9H2,1-2H3. The fraction of sp³-hybridized carbons (Fsp3) is 0.429. The van der Waals surface area contributed by atoms with Crippen molar-refractivity contribution in [2.45, 2.75) is 19.4 Å². The number of para-hydroxylation sites is 1. The molecule has 0 aliphatic carbocycles. The van der Waals surface area contributed by atoms with Crippen LogP contribution in [0.25, 0.3) is 10.9 Å². The number of hydrogen-bond acceptors (Lipinski definition) is 2. The first-order valence-corrected chi connectivity index (χ1v) is 6.19. The lowest BCUT2D eigenvalue weighted by Crippen LogP contribution is -2.19. The quantitative estimate of drug-likeness (QED) is 0.856. The number of hydrogen-bond donors (Lipinski definition) is 1. The molecule has 1 N–H and O–H groups in total.